The molecule has 1 aliphatic heterocycles. The third-order valence-corrected chi connectivity index (χ3v) is 2.79. The smallest absolute Gasteiger partial charge is 0.328 e. The number of methoxy groups -OCH3 is 1. The van der Waals surface area contributed by atoms with Crippen molar-refractivity contribution in [1.29, 1.82) is 0 Å². The molecule has 108 valence electrons. The van der Waals surface area contributed by atoms with Gasteiger partial charge in [0, 0.05) is 19.7 Å². The summed E-state index contributed by atoms with van der Waals surface area (Å²) in [6, 6.07) is 0.236. The average Bonchev–Trinajstić information content (AvgIpc) is 2.86. The van der Waals surface area contributed by atoms with Crippen LogP contribution in [0.1, 0.15) is 16.2 Å². The first-order valence-electron chi connectivity index (χ1n) is 5.78. The van der Waals surface area contributed by atoms with E-state index >= 15 is 0 Å². The monoisotopic (exact) mass is 283 g/mol. The maximum atomic E-state index is 12.2. The van der Waals surface area contributed by atoms with E-state index in [0.29, 0.717) is 5.76 Å². The lowest BCUT2D eigenvalue weighted by atomic mass is 10.1. The number of aromatic nitrogens is 1. The summed E-state index contributed by atoms with van der Waals surface area (Å²) in [5.74, 6) is -1.95. The van der Waals surface area contributed by atoms with Crippen molar-refractivity contribution in [1.82, 2.24) is 15.4 Å². The van der Waals surface area contributed by atoms with E-state index in [0.717, 1.165) is 4.90 Å². The number of carboxylic acid groups (broad SMARTS) is 1. The Morgan fingerprint density at radius 2 is 2.40 bits per heavy atom. The summed E-state index contributed by atoms with van der Waals surface area (Å²) in [4.78, 5) is 35.6. The Labute approximate surface area is 113 Å². The van der Waals surface area contributed by atoms with Gasteiger partial charge in [0.25, 0.3) is 5.91 Å². The number of nitrogens with zero attached hydrogens (tertiary/aromatic N) is 2. The Morgan fingerprint density at radius 3 is 3.05 bits per heavy atom. The molecule has 9 nitrogen and oxygen atoms in total. The summed E-state index contributed by atoms with van der Waals surface area (Å²) in [7, 11) is 1.46. The Bertz CT molecular complexity index is 540. The van der Waals surface area contributed by atoms with Crippen molar-refractivity contribution in [3.63, 3.8) is 0 Å². The fourth-order valence-corrected chi connectivity index (χ4v) is 1.85. The second-order valence-corrected chi connectivity index (χ2v) is 4.20. The topological polar surface area (TPSA) is 122 Å². The minimum absolute atomic E-state index is 0.0574. The molecule has 2 N–H and O–H groups in total. The van der Waals surface area contributed by atoms with Crippen molar-refractivity contribution in [3.05, 3.63) is 17.5 Å². The highest BCUT2D eigenvalue weighted by Crippen LogP contribution is 2.12. The zero-order valence-corrected chi connectivity index (χ0v) is 10.7. The first kappa shape index (κ1) is 14.0. The summed E-state index contributed by atoms with van der Waals surface area (Å²) in [5.41, 5.74) is -0.0574. The van der Waals surface area contributed by atoms with Gasteiger partial charge >= 0.3 is 5.97 Å². The Hall–Kier alpha value is -2.42. The molecule has 0 aliphatic carbocycles. The number of hydrogen-bond acceptors (Lipinski definition) is 6. The fourth-order valence-electron chi connectivity index (χ4n) is 1.85. The van der Waals surface area contributed by atoms with Crippen LogP contribution in [0.5, 0.6) is 0 Å². The largest absolute Gasteiger partial charge is 0.480 e. The van der Waals surface area contributed by atoms with Gasteiger partial charge in [-0.25, -0.2) is 4.79 Å². The van der Waals surface area contributed by atoms with E-state index < -0.39 is 23.8 Å². The van der Waals surface area contributed by atoms with Gasteiger partial charge in [-0.3, -0.25) is 9.59 Å². The van der Waals surface area contributed by atoms with Crippen LogP contribution in [0.25, 0.3) is 0 Å². The molecule has 2 rings (SSSR count). The van der Waals surface area contributed by atoms with E-state index in [1.807, 2.05) is 0 Å². The number of carboxylic acids is 1. The molecule has 1 fully saturated rings. The van der Waals surface area contributed by atoms with Crippen molar-refractivity contribution >= 4 is 17.8 Å². The minimum Gasteiger partial charge on any atom is -0.480 e. The molecule has 1 aromatic rings. The zero-order chi connectivity index (χ0) is 14.7. The second kappa shape index (κ2) is 5.70. The van der Waals surface area contributed by atoms with Gasteiger partial charge in [0.05, 0.1) is 0 Å². The number of piperazine rings is 1. The molecule has 1 unspecified atom stereocenters. The quantitative estimate of drug-likeness (QED) is 0.715. The summed E-state index contributed by atoms with van der Waals surface area (Å²) >= 11 is 0. The number of carbonyl (C=O) groups excluding carboxylic acids is 2. The SMILES string of the molecule is COCc1cc(C(=O)N2CC(=O)NCC2C(=O)O)no1. The molecule has 0 spiro atoms. The molecule has 0 bridgehead atoms. The number of nitrogens with one attached hydrogen (secondary N) is 1. The van der Waals surface area contributed by atoms with Gasteiger partial charge in [-0.15, -0.1) is 0 Å². The van der Waals surface area contributed by atoms with E-state index in [1.165, 1.54) is 13.2 Å². The van der Waals surface area contributed by atoms with Crippen LogP contribution in [0.15, 0.2) is 10.6 Å². The van der Waals surface area contributed by atoms with E-state index in [4.69, 9.17) is 14.4 Å². The Kier molecular flexibility index (Phi) is 3.99. The van der Waals surface area contributed by atoms with E-state index in [9.17, 15) is 14.4 Å². The summed E-state index contributed by atoms with van der Waals surface area (Å²) in [5, 5.41) is 15.0. The average molecular weight is 283 g/mol. The number of ether oxygens (including phenoxy) is 1. The number of hydrogen-bond donors (Lipinski definition) is 2. The van der Waals surface area contributed by atoms with Crippen molar-refractivity contribution < 1.29 is 28.8 Å². The second-order valence-electron chi connectivity index (χ2n) is 4.20. The van der Waals surface area contributed by atoms with Crippen LogP contribution < -0.4 is 5.32 Å². The van der Waals surface area contributed by atoms with Crippen molar-refractivity contribution in [2.75, 3.05) is 20.2 Å². The van der Waals surface area contributed by atoms with Crippen LogP contribution in [0.2, 0.25) is 0 Å². The standard InChI is InChI=1S/C11H13N3O6/c1-19-5-6-2-7(13-20-6)10(16)14-4-9(15)12-3-8(14)11(17)18/h2,8H,3-5H2,1H3,(H,12,15)(H,17,18). The molecule has 0 aromatic carbocycles. The summed E-state index contributed by atoms with van der Waals surface area (Å²) < 4.78 is 9.70. The van der Waals surface area contributed by atoms with Crippen LogP contribution in [0.3, 0.4) is 0 Å². The Balaban J connectivity index is 2.19. The normalized spacial score (nSPS) is 18.8. The number of amides is 2. The summed E-state index contributed by atoms with van der Waals surface area (Å²) in [6.07, 6.45) is 0. The van der Waals surface area contributed by atoms with E-state index in [1.54, 1.807) is 0 Å². The molecule has 9 heteroatoms. The lowest BCUT2D eigenvalue weighted by Crippen LogP contribution is -2.59. The predicted octanol–water partition coefficient (Wildman–Crippen LogP) is -1.15. The van der Waals surface area contributed by atoms with Gasteiger partial charge in [0.2, 0.25) is 5.91 Å². The van der Waals surface area contributed by atoms with E-state index in [2.05, 4.69) is 10.5 Å². The Morgan fingerprint density at radius 1 is 1.65 bits per heavy atom. The molecule has 20 heavy (non-hydrogen) atoms. The predicted molar refractivity (Wildman–Crippen MR) is 62.7 cm³/mol. The van der Waals surface area contributed by atoms with Crippen molar-refractivity contribution in [2.24, 2.45) is 0 Å². The summed E-state index contributed by atoms with van der Waals surface area (Å²) in [6.45, 7) is -0.325. The maximum Gasteiger partial charge on any atom is 0.328 e. The number of aliphatic carboxylic acids is 1. The van der Waals surface area contributed by atoms with Gasteiger partial charge in [0.15, 0.2) is 11.5 Å². The molecular weight excluding hydrogens is 270 g/mol. The number of rotatable bonds is 4. The van der Waals surface area contributed by atoms with Gasteiger partial charge < -0.3 is 24.6 Å². The molecule has 1 atom stereocenters. The molecular formula is C11H13N3O6. The highest BCUT2D eigenvalue weighted by molar-refractivity contribution is 5.98. The van der Waals surface area contributed by atoms with Crippen LogP contribution in [-0.2, 0) is 20.9 Å². The van der Waals surface area contributed by atoms with Gasteiger partial charge in [0.1, 0.15) is 19.2 Å². The zero-order valence-electron chi connectivity index (χ0n) is 10.7. The fraction of sp³-hybridized carbons (Fsp3) is 0.455. The highest BCUT2D eigenvalue weighted by Gasteiger charge is 2.36. The molecule has 1 aliphatic rings. The first-order chi connectivity index (χ1) is 9.52. The molecule has 2 amide bonds. The van der Waals surface area contributed by atoms with Crippen LogP contribution in [0, 0.1) is 0 Å². The lowest BCUT2D eigenvalue weighted by Gasteiger charge is -2.31. The number of carbonyl (C=O) groups is 3. The highest BCUT2D eigenvalue weighted by atomic mass is 16.5. The van der Waals surface area contributed by atoms with Gasteiger partial charge in [-0.2, -0.15) is 0 Å². The third kappa shape index (κ3) is 2.77. The van der Waals surface area contributed by atoms with Gasteiger partial charge in [-0.05, 0) is 0 Å². The van der Waals surface area contributed by atoms with Crippen LogP contribution in [0.4, 0.5) is 0 Å². The molecule has 1 saturated heterocycles. The third-order valence-electron chi connectivity index (χ3n) is 2.79. The molecule has 2 heterocycles. The maximum absolute atomic E-state index is 12.2. The minimum atomic E-state index is -1.20. The molecule has 0 radical (unpaired) electrons. The van der Waals surface area contributed by atoms with Crippen LogP contribution >= 0.6 is 0 Å². The molecule has 1 aromatic heterocycles. The lowest BCUT2D eigenvalue weighted by molar-refractivity contribution is -0.144. The van der Waals surface area contributed by atoms with Crippen LogP contribution in [-0.4, -0.2) is 59.2 Å². The van der Waals surface area contributed by atoms with Crippen molar-refractivity contribution in [2.45, 2.75) is 12.6 Å². The first-order valence-corrected chi connectivity index (χ1v) is 5.78. The van der Waals surface area contributed by atoms with E-state index in [-0.39, 0.29) is 25.4 Å². The van der Waals surface area contributed by atoms with Crippen molar-refractivity contribution in [3.8, 4) is 0 Å². The van der Waals surface area contributed by atoms with Gasteiger partial charge in [-0.1, -0.05) is 5.16 Å². The molecule has 0 saturated carbocycles.